The number of carbonyl (C=O) groups is 1. The van der Waals surface area contributed by atoms with Crippen molar-refractivity contribution in [3.63, 3.8) is 0 Å². The highest BCUT2D eigenvalue weighted by molar-refractivity contribution is 5.98. The molecule has 1 heterocycles. The van der Waals surface area contributed by atoms with E-state index in [0.717, 1.165) is 30.0 Å². The first kappa shape index (κ1) is 14.6. The molecule has 0 N–H and O–H groups in total. The molecule has 0 spiro atoms. The first-order chi connectivity index (χ1) is 10.6. The van der Waals surface area contributed by atoms with Crippen LogP contribution in [0.3, 0.4) is 0 Å². The average molecular weight is 295 g/mol. The van der Waals surface area contributed by atoms with Crippen LogP contribution in [0, 0.1) is 13.8 Å². The number of nitrogens with zero attached hydrogens (tertiary/aromatic N) is 1. The summed E-state index contributed by atoms with van der Waals surface area (Å²) in [7, 11) is 0. The largest absolute Gasteiger partial charge is 0.481 e. The molecule has 1 aliphatic heterocycles. The second-order valence-electron chi connectivity index (χ2n) is 5.83. The zero-order valence-electron chi connectivity index (χ0n) is 13.3. The quantitative estimate of drug-likeness (QED) is 0.865. The van der Waals surface area contributed by atoms with Gasteiger partial charge in [0, 0.05) is 12.2 Å². The Hall–Kier alpha value is -2.29. The molecule has 2 aromatic rings. The molecule has 3 heteroatoms. The molecule has 0 unspecified atom stereocenters. The van der Waals surface area contributed by atoms with Crippen molar-refractivity contribution in [2.75, 3.05) is 11.4 Å². The minimum Gasteiger partial charge on any atom is -0.481 e. The smallest absolute Gasteiger partial charge is 0.267 e. The molecule has 0 saturated carbocycles. The Balaban J connectivity index is 1.77. The van der Waals surface area contributed by atoms with Gasteiger partial charge in [-0.3, -0.25) is 4.79 Å². The van der Waals surface area contributed by atoms with E-state index in [1.807, 2.05) is 62.1 Å². The van der Waals surface area contributed by atoms with Crippen molar-refractivity contribution in [1.29, 1.82) is 0 Å². The van der Waals surface area contributed by atoms with Crippen LogP contribution in [-0.4, -0.2) is 18.6 Å². The molecule has 3 nitrogen and oxygen atoms in total. The van der Waals surface area contributed by atoms with E-state index < -0.39 is 6.10 Å². The summed E-state index contributed by atoms with van der Waals surface area (Å²) in [6.07, 6.45) is 0.421. The Kier molecular flexibility index (Phi) is 3.88. The fraction of sp³-hybridized carbons (Fsp3) is 0.316. The van der Waals surface area contributed by atoms with Crippen molar-refractivity contribution < 1.29 is 9.53 Å². The van der Waals surface area contributed by atoms with Crippen molar-refractivity contribution in [3.05, 3.63) is 59.2 Å². The van der Waals surface area contributed by atoms with Gasteiger partial charge in [0.25, 0.3) is 5.91 Å². The van der Waals surface area contributed by atoms with Crippen LogP contribution < -0.4 is 9.64 Å². The second kappa shape index (κ2) is 5.84. The number of aryl methyl sites for hydroxylation is 1. The Morgan fingerprint density at radius 2 is 1.91 bits per heavy atom. The first-order valence-electron chi connectivity index (χ1n) is 7.70. The summed E-state index contributed by atoms with van der Waals surface area (Å²) in [4.78, 5) is 14.5. The van der Waals surface area contributed by atoms with Crippen molar-refractivity contribution in [2.45, 2.75) is 33.3 Å². The van der Waals surface area contributed by atoms with Gasteiger partial charge < -0.3 is 9.64 Å². The number of fused-ring (bicyclic) bond motifs is 1. The molecule has 1 atom stereocenters. The van der Waals surface area contributed by atoms with E-state index in [9.17, 15) is 4.79 Å². The van der Waals surface area contributed by atoms with E-state index in [0.29, 0.717) is 0 Å². The van der Waals surface area contributed by atoms with Gasteiger partial charge in [0.15, 0.2) is 6.10 Å². The summed E-state index contributed by atoms with van der Waals surface area (Å²) < 4.78 is 5.92. The average Bonchev–Trinajstić information content (AvgIpc) is 2.95. The number of ether oxygens (including phenoxy) is 1. The molecule has 0 aromatic heterocycles. The Morgan fingerprint density at radius 1 is 1.14 bits per heavy atom. The molecule has 1 aliphatic rings. The summed E-state index contributed by atoms with van der Waals surface area (Å²) >= 11 is 0. The molecular weight excluding hydrogens is 274 g/mol. The lowest BCUT2D eigenvalue weighted by Crippen LogP contribution is -2.39. The number of amides is 1. The molecule has 0 radical (unpaired) electrons. The molecule has 3 rings (SSSR count). The number of rotatable bonds is 3. The topological polar surface area (TPSA) is 29.5 Å². The summed E-state index contributed by atoms with van der Waals surface area (Å²) in [6.45, 7) is 6.63. The highest BCUT2D eigenvalue weighted by atomic mass is 16.5. The monoisotopic (exact) mass is 295 g/mol. The fourth-order valence-corrected chi connectivity index (χ4v) is 2.88. The third-order valence-electron chi connectivity index (χ3n) is 4.36. The van der Waals surface area contributed by atoms with Gasteiger partial charge in [-0.1, -0.05) is 30.3 Å². The van der Waals surface area contributed by atoms with Crippen LogP contribution in [0.5, 0.6) is 5.75 Å². The zero-order chi connectivity index (χ0) is 15.7. The minimum atomic E-state index is -0.494. The van der Waals surface area contributed by atoms with Crippen molar-refractivity contribution in [1.82, 2.24) is 0 Å². The van der Waals surface area contributed by atoms with E-state index in [1.165, 1.54) is 11.1 Å². The molecule has 0 aliphatic carbocycles. The maximum atomic E-state index is 12.7. The lowest BCUT2D eigenvalue weighted by Gasteiger charge is -2.23. The van der Waals surface area contributed by atoms with Crippen LogP contribution in [0.15, 0.2) is 42.5 Å². The molecule has 0 fully saturated rings. The highest BCUT2D eigenvalue weighted by Gasteiger charge is 2.28. The fourth-order valence-electron chi connectivity index (χ4n) is 2.88. The minimum absolute atomic E-state index is 0.0193. The number of anilines is 1. The van der Waals surface area contributed by atoms with Gasteiger partial charge in [0.05, 0.1) is 0 Å². The van der Waals surface area contributed by atoms with Crippen LogP contribution in [0.1, 0.15) is 23.6 Å². The summed E-state index contributed by atoms with van der Waals surface area (Å²) in [5.41, 5.74) is 4.51. The van der Waals surface area contributed by atoms with Crippen LogP contribution in [0.2, 0.25) is 0 Å². The Labute approximate surface area is 131 Å². The van der Waals surface area contributed by atoms with Gasteiger partial charge in [-0.2, -0.15) is 0 Å². The molecule has 2 aromatic carbocycles. The Bertz CT molecular complexity index is 708. The molecular formula is C19H21NO2. The van der Waals surface area contributed by atoms with Crippen molar-refractivity contribution >= 4 is 11.6 Å². The molecule has 0 saturated heterocycles. The number of benzene rings is 2. The molecule has 22 heavy (non-hydrogen) atoms. The Morgan fingerprint density at radius 3 is 2.73 bits per heavy atom. The van der Waals surface area contributed by atoms with Gasteiger partial charge in [0.1, 0.15) is 5.75 Å². The van der Waals surface area contributed by atoms with E-state index in [4.69, 9.17) is 4.74 Å². The normalized spacial score (nSPS) is 14.6. The van der Waals surface area contributed by atoms with Gasteiger partial charge in [-0.25, -0.2) is 0 Å². The first-order valence-corrected chi connectivity index (χ1v) is 7.70. The van der Waals surface area contributed by atoms with E-state index in [-0.39, 0.29) is 5.91 Å². The third-order valence-corrected chi connectivity index (χ3v) is 4.36. The maximum absolute atomic E-state index is 12.7. The number of carbonyl (C=O) groups excluding carboxylic acids is 1. The standard InChI is InChI=1S/C19H21NO2/c1-13-7-6-10-18(14(13)2)22-15(3)19(21)20-12-11-16-8-4-5-9-17(16)20/h4-10,15H,11-12H2,1-3H3/t15-/m1/s1. The SMILES string of the molecule is Cc1cccc(O[C@H](C)C(=O)N2CCc3ccccc32)c1C. The number of hydrogen-bond donors (Lipinski definition) is 0. The molecule has 1 amide bonds. The summed E-state index contributed by atoms with van der Waals surface area (Å²) in [5.74, 6) is 0.805. The van der Waals surface area contributed by atoms with Crippen LogP contribution in [-0.2, 0) is 11.2 Å². The maximum Gasteiger partial charge on any atom is 0.267 e. The molecule has 0 bridgehead atoms. The van der Waals surface area contributed by atoms with Gasteiger partial charge >= 0.3 is 0 Å². The van der Waals surface area contributed by atoms with Crippen LogP contribution >= 0.6 is 0 Å². The lowest BCUT2D eigenvalue weighted by molar-refractivity contribution is -0.124. The summed E-state index contributed by atoms with van der Waals surface area (Å²) in [5, 5.41) is 0. The lowest BCUT2D eigenvalue weighted by atomic mass is 10.1. The molecule has 114 valence electrons. The van der Waals surface area contributed by atoms with E-state index in [1.54, 1.807) is 0 Å². The third kappa shape index (κ3) is 2.59. The number of hydrogen-bond acceptors (Lipinski definition) is 2. The highest BCUT2D eigenvalue weighted by Crippen LogP contribution is 2.29. The van der Waals surface area contributed by atoms with Gasteiger partial charge in [-0.05, 0) is 56.0 Å². The van der Waals surface area contributed by atoms with Gasteiger partial charge in [-0.15, -0.1) is 0 Å². The number of para-hydroxylation sites is 1. The predicted octanol–water partition coefficient (Wildman–Crippen LogP) is 3.66. The van der Waals surface area contributed by atoms with E-state index >= 15 is 0 Å². The van der Waals surface area contributed by atoms with Crippen LogP contribution in [0.4, 0.5) is 5.69 Å². The predicted molar refractivity (Wildman–Crippen MR) is 88.5 cm³/mol. The van der Waals surface area contributed by atoms with Crippen molar-refractivity contribution in [2.24, 2.45) is 0 Å². The van der Waals surface area contributed by atoms with Gasteiger partial charge in [0.2, 0.25) is 0 Å². The summed E-state index contributed by atoms with van der Waals surface area (Å²) in [6, 6.07) is 14.0. The van der Waals surface area contributed by atoms with E-state index in [2.05, 4.69) is 6.07 Å². The van der Waals surface area contributed by atoms with Crippen LogP contribution in [0.25, 0.3) is 0 Å². The zero-order valence-corrected chi connectivity index (χ0v) is 13.3. The second-order valence-corrected chi connectivity index (χ2v) is 5.83. The van der Waals surface area contributed by atoms with Crippen molar-refractivity contribution in [3.8, 4) is 5.75 Å².